The summed E-state index contributed by atoms with van der Waals surface area (Å²) in [6.45, 7) is 4.84. The van der Waals surface area contributed by atoms with Crippen LogP contribution in [0.2, 0.25) is 0 Å². The molecule has 1 fully saturated rings. The topological polar surface area (TPSA) is 68.8 Å². The summed E-state index contributed by atoms with van der Waals surface area (Å²) in [7, 11) is 4.85. The van der Waals surface area contributed by atoms with E-state index in [0.717, 1.165) is 18.7 Å². The van der Waals surface area contributed by atoms with Crippen LogP contribution in [0, 0.1) is 11.8 Å². The molecule has 1 saturated heterocycles. The van der Waals surface area contributed by atoms with Crippen LogP contribution in [0.5, 0.6) is 17.2 Å². The number of carbonyl (C=O) groups excluding carboxylic acids is 1. The average molecular weight is 401 g/mol. The Hall–Kier alpha value is -1.66. The number of hydrogen-bond acceptors (Lipinski definition) is 5. The maximum Gasteiger partial charge on any atom is 0.220 e. The van der Waals surface area contributed by atoms with Crippen LogP contribution in [0.3, 0.4) is 0 Å². The molecule has 0 aromatic heterocycles. The minimum Gasteiger partial charge on any atom is -0.496 e. The van der Waals surface area contributed by atoms with Crippen molar-refractivity contribution in [1.29, 1.82) is 0 Å². The average Bonchev–Trinajstić information content (AvgIpc) is 2.68. The Balaban J connectivity index is 0.00000364. The number of halogens is 1. The summed E-state index contributed by atoms with van der Waals surface area (Å²) in [5.41, 5.74) is 0.931. The van der Waals surface area contributed by atoms with Crippen LogP contribution in [0.25, 0.3) is 0 Å². The number of rotatable bonds is 9. The number of methoxy groups -OCH3 is 3. The lowest BCUT2D eigenvalue weighted by Gasteiger charge is -2.28. The molecule has 1 aromatic carbocycles. The van der Waals surface area contributed by atoms with Crippen molar-refractivity contribution in [1.82, 2.24) is 10.6 Å². The van der Waals surface area contributed by atoms with E-state index in [1.54, 1.807) is 21.3 Å². The van der Waals surface area contributed by atoms with E-state index in [1.807, 2.05) is 12.1 Å². The molecule has 2 rings (SSSR count). The van der Waals surface area contributed by atoms with Crippen molar-refractivity contribution in [2.75, 3.05) is 41.0 Å². The number of ether oxygens (including phenoxy) is 3. The van der Waals surface area contributed by atoms with Crippen LogP contribution >= 0.6 is 12.4 Å². The fourth-order valence-corrected chi connectivity index (χ4v) is 3.55. The monoisotopic (exact) mass is 400 g/mol. The standard InChI is InChI=1S/C20H32N2O4.ClH/c1-14(15-6-5-8-21-13-15)10-20(23)22-9-7-17-18(25-3)11-16(24-2)12-19(17)26-4;/h11-12,14-15,21H,5-10,13H2,1-4H3,(H,22,23);1H. The predicted molar refractivity (Wildman–Crippen MR) is 109 cm³/mol. The summed E-state index contributed by atoms with van der Waals surface area (Å²) in [6, 6.07) is 3.66. The smallest absolute Gasteiger partial charge is 0.220 e. The third-order valence-corrected chi connectivity index (χ3v) is 5.16. The van der Waals surface area contributed by atoms with E-state index in [0.29, 0.717) is 48.5 Å². The molecular weight excluding hydrogens is 368 g/mol. The zero-order valence-corrected chi connectivity index (χ0v) is 17.6. The minimum atomic E-state index is 0. The number of benzene rings is 1. The second-order valence-corrected chi connectivity index (χ2v) is 6.90. The third kappa shape index (κ3) is 6.78. The first kappa shape index (κ1) is 23.4. The first-order valence-corrected chi connectivity index (χ1v) is 9.35. The van der Waals surface area contributed by atoms with Gasteiger partial charge in [0.2, 0.25) is 5.91 Å². The van der Waals surface area contributed by atoms with Gasteiger partial charge in [-0.2, -0.15) is 0 Å². The molecule has 1 aliphatic rings. The van der Waals surface area contributed by atoms with Crippen molar-refractivity contribution in [2.24, 2.45) is 11.8 Å². The van der Waals surface area contributed by atoms with Crippen molar-refractivity contribution >= 4 is 18.3 Å². The highest BCUT2D eigenvalue weighted by atomic mass is 35.5. The van der Waals surface area contributed by atoms with E-state index >= 15 is 0 Å². The molecule has 154 valence electrons. The molecule has 0 radical (unpaired) electrons. The largest absolute Gasteiger partial charge is 0.496 e. The molecule has 2 unspecified atom stereocenters. The van der Waals surface area contributed by atoms with Crippen molar-refractivity contribution in [2.45, 2.75) is 32.6 Å². The molecule has 6 nitrogen and oxygen atoms in total. The zero-order valence-electron chi connectivity index (χ0n) is 16.8. The van der Waals surface area contributed by atoms with Crippen LogP contribution in [0.15, 0.2) is 12.1 Å². The van der Waals surface area contributed by atoms with Gasteiger partial charge >= 0.3 is 0 Å². The molecule has 0 bridgehead atoms. The molecular formula is C20H33ClN2O4. The van der Waals surface area contributed by atoms with Crippen molar-refractivity contribution in [3.63, 3.8) is 0 Å². The van der Waals surface area contributed by atoms with Gasteiger partial charge in [0.05, 0.1) is 21.3 Å². The lowest BCUT2D eigenvalue weighted by atomic mass is 9.85. The fourth-order valence-electron chi connectivity index (χ4n) is 3.55. The Morgan fingerprint density at radius 3 is 2.41 bits per heavy atom. The molecule has 2 atom stereocenters. The van der Waals surface area contributed by atoms with Gasteiger partial charge in [0.15, 0.2) is 0 Å². The van der Waals surface area contributed by atoms with Crippen LogP contribution in [0.4, 0.5) is 0 Å². The van der Waals surface area contributed by atoms with E-state index in [2.05, 4.69) is 17.6 Å². The molecule has 0 aliphatic carbocycles. The van der Waals surface area contributed by atoms with Gasteiger partial charge in [-0.1, -0.05) is 6.92 Å². The van der Waals surface area contributed by atoms with Gasteiger partial charge in [-0.15, -0.1) is 12.4 Å². The molecule has 1 amide bonds. The highest BCUT2D eigenvalue weighted by Crippen LogP contribution is 2.34. The van der Waals surface area contributed by atoms with Crippen LogP contribution < -0.4 is 24.8 Å². The minimum absolute atomic E-state index is 0. The van der Waals surface area contributed by atoms with E-state index in [9.17, 15) is 4.79 Å². The van der Waals surface area contributed by atoms with Gasteiger partial charge in [0.1, 0.15) is 17.2 Å². The maximum absolute atomic E-state index is 12.3. The summed E-state index contributed by atoms with van der Waals surface area (Å²) in [5, 5.41) is 6.45. The van der Waals surface area contributed by atoms with Gasteiger partial charge in [-0.3, -0.25) is 4.79 Å². The van der Waals surface area contributed by atoms with Crippen LogP contribution in [-0.2, 0) is 11.2 Å². The summed E-state index contributed by atoms with van der Waals surface area (Å²) in [6.07, 6.45) is 3.63. The molecule has 2 N–H and O–H groups in total. The number of carbonyl (C=O) groups is 1. The first-order valence-electron chi connectivity index (χ1n) is 9.35. The Bertz CT molecular complexity index is 566. The van der Waals surface area contributed by atoms with Crippen LogP contribution in [0.1, 0.15) is 31.7 Å². The van der Waals surface area contributed by atoms with Crippen LogP contribution in [-0.4, -0.2) is 46.9 Å². The quantitative estimate of drug-likeness (QED) is 0.667. The predicted octanol–water partition coefficient (Wildman–Crippen LogP) is 2.82. The van der Waals surface area contributed by atoms with Gasteiger partial charge in [0, 0.05) is 30.7 Å². The summed E-state index contributed by atoms with van der Waals surface area (Å²) >= 11 is 0. The summed E-state index contributed by atoms with van der Waals surface area (Å²) in [4.78, 5) is 12.3. The normalized spacial score (nSPS) is 17.4. The second-order valence-electron chi connectivity index (χ2n) is 6.90. The zero-order chi connectivity index (χ0) is 18.9. The molecule has 0 saturated carbocycles. The number of nitrogens with one attached hydrogen (secondary N) is 2. The molecule has 27 heavy (non-hydrogen) atoms. The first-order chi connectivity index (χ1) is 12.6. The van der Waals surface area contributed by atoms with Gasteiger partial charge in [0.25, 0.3) is 0 Å². The fraction of sp³-hybridized carbons (Fsp3) is 0.650. The summed E-state index contributed by atoms with van der Waals surface area (Å²) < 4.78 is 16.2. The van der Waals surface area contributed by atoms with Crippen molar-refractivity contribution in [3.8, 4) is 17.2 Å². The van der Waals surface area contributed by atoms with Gasteiger partial charge < -0.3 is 24.8 Å². The van der Waals surface area contributed by atoms with E-state index in [4.69, 9.17) is 14.2 Å². The summed E-state index contributed by atoms with van der Waals surface area (Å²) in [5.74, 6) is 3.19. The number of amides is 1. The molecule has 1 aromatic rings. The molecule has 7 heteroatoms. The highest BCUT2D eigenvalue weighted by molar-refractivity contribution is 5.85. The van der Waals surface area contributed by atoms with E-state index in [-0.39, 0.29) is 18.3 Å². The van der Waals surface area contributed by atoms with Gasteiger partial charge in [-0.25, -0.2) is 0 Å². The SMILES string of the molecule is COc1cc(OC)c(CCNC(=O)CC(C)C2CCCNC2)c(OC)c1.Cl. The Labute approximate surface area is 168 Å². The molecule has 1 heterocycles. The Morgan fingerprint density at radius 2 is 1.89 bits per heavy atom. The number of piperidine rings is 1. The van der Waals surface area contributed by atoms with Crippen molar-refractivity contribution in [3.05, 3.63) is 17.7 Å². The lowest BCUT2D eigenvalue weighted by Crippen LogP contribution is -2.36. The van der Waals surface area contributed by atoms with Gasteiger partial charge in [-0.05, 0) is 44.2 Å². The number of hydrogen-bond donors (Lipinski definition) is 2. The highest BCUT2D eigenvalue weighted by Gasteiger charge is 2.22. The Morgan fingerprint density at radius 1 is 1.22 bits per heavy atom. The maximum atomic E-state index is 12.3. The molecule has 0 spiro atoms. The van der Waals surface area contributed by atoms with E-state index in [1.165, 1.54) is 12.8 Å². The Kier molecular flexibility index (Phi) is 10.3. The van der Waals surface area contributed by atoms with Crippen molar-refractivity contribution < 1.29 is 19.0 Å². The third-order valence-electron chi connectivity index (χ3n) is 5.16. The lowest BCUT2D eigenvalue weighted by molar-refractivity contribution is -0.122. The molecule has 1 aliphatic heterocycles. The second kappa shape index (κ2) is 11.9. The van der Waals surface area contributed by atoms with E-state index < -0.39 is 0 Å².